The van der Waals surface area contributed by atoms with Crippen molar-refractivity contribution >= 4 is 23.2 Å². The van der Waals surface area contributed by atoms with E-state index >= 15 is 0 Å². The lowest BCUT2D eigenvalue weighted by Crippen LogP contribution is -2.39. The molecule has 3 rings (SSSR count). The Bertz CT molecular complexity index is 627. The standard InChI is InChI=1S/C17H20ClF3N2O2/c18-11-1-4-14(15(8-11)25-9-17(19,20)21)23-16(24)7-10-5-12-2-3-13(6-10)22-12/h1,4,8,10,12-13,22H,2-3,5-7,9H2,(H,23,24). The molecule has 1 aromatic carbocycles. The molecule has 2 saturated heterocycles. The zero-order chi connectivity index (χ0) is 18.0. The number of carbonyl (C=O) groups excluding carboxylic acids is 1. The maximum absolute atomic E-state index is 12.4. The highest BCUT2D eigenvalue weighted by Gasteiger charge is 2.34. The number of hydrogen-bond donors (Lipinski definition) is 2. The van der Waals surface area contributed by atoms with Crippen LogP contribution in [0.2, 0.25) is 5.02 Å². The molecule has 2 aliphatic rings. The largest absolute Gasteiger partial charge is 0.482 e. The highest BCUT2D eigenvalue weighted by molar-refractivity contribution is 6.30. The van der Waals surface area contributed by atoms with E-state index in [2.05, 4.69) is 10.6 Å². The molecule has 2 unspecified atom stereocenters. The van der Waals surface area contributed by atoms with E-state index < -0.39 is 12.8 Å². The first-order valence-corrected chi connectivity index (χ1v) is 8.71. The number of rotatable bonds is 5. The molecule has 2 fully saturated rings. The summed E-state index contributed by atoms with van der Waals surface area (Å²) in [6.45, 7) is -1.44. The first kappa shape index (κ1) is 18.3. The Morgan fingerprint density at radius 2 is 1.96 bits per heavy atom. The molecule has 2 heterocycles. The molecule has 2 aliphatic heterocycles. The lowest BCUT2D eigenvalue weighted by Gasteiger charge is -2.28. The fraction of sp³-hybridized carbons (Fsp3) is 0.588. The van der Waals surface area contributed by atoms with Gasteiger partial charge in [0.25, 0.3) is 0 Å². The van der Waals surface area contributed by atoms with Crippen LogP contribution in [0.3, 0.4) is 0 Å². The molecule has 138 valence electrons. The number of anilines is 1. The summed E-state index contributed by atoms with van der Waals surface area (Å²) in [7, 11) is 0. The fourth-order valence-corrected chi connectivity index (χ4v) is 3.85. The maximum Gasteiger partial charge on any atom is 0.422 e. The molecule has 2 atom stereocenters. The van der Waals surface area contributed by atoms with Gasteiger partial charge in [-0.3, -0.25) is 4.79 Å². The second-order valence-electron chi connectivity index (χ2n) is 6.77. The fourth-order valence-electron chi connectivity index (χ4n) is 3.68. The number of carbonyl (C=O) groups is 1. The molecule has 0 aromatic heterocycles. The quantitative estimate of drug-likeness (QED) is 0.812. The summed E-state index contributed by atoms with van der Waals surface area (Å²) < 4.78 is 41.9. The minimum atomic E-state index is -4.46. The Morgan fingerprint density at radius 1 is 1.28 bits per heavy atom. The Morgan fingerprint density at radius 3 is 2.60 bits per heavy atom. The van der Waals surface area contributed by atoms with E-state index in [0.29, 0.717) is 24.4 Å². The highest BCUT2D eigenvalue weighted by Crippen LogP contribution is 2.34. The molecule has 1 aromatic rings. The molecule has 0 saturated carbocycles. The average Bonchev–Trinajstić information content (AvgIpc) is 2.85. The van der Waals surface area contributed by atoms with Crippen LogP contribution in [0.4, 0.5) is 18.9 Å². The molecule has 4 nitrogen and oxygen atoms in total. The van der Waals surface area contributed by atoms with Crippen molar-refractivity contribution in [1.82, 2.24) is 5.32 Å². The third kappa shape index (κ3) is 5.25. The molecule has 2 bridgehead atoms. The smallest absolute Gasteiger partial charge is 0.422 e. The van der Waals surface area contributed by atoms with Crippen LogP contribution in [0.5, 0.6) is 5.75 Å². The van der Waals surface area contributed by atoms with Crippen LogP contribution >= 0.6 is 11.6 Å². The predicted octanol–water partition coefficient (Wildman–Crippen LogP) is 4.14. The van der Waals surface area contributed by atoms with Gasteiger partial charge in [-0.15, -0.1) is 0 Å². The van der Waals surface area contributed by atoms with Gasteiger partial charge >= 0.3 is 6.18 Å². The number of nitrogens with one attached hydrogen (secondary N) is 2. The van der Waals surface area contributed by atoms with Crippen LogP contribution < -0.4 is 15.4 Å². The molecule has 0 spiro atoms. The number of piperidine rings is 1. The summed E-state index contributed by atoms with van der Waals surface area (Å²) in [6.07, 6.45) is 0.114. The van der Waals surface area contributed by atoms with E-state index in [-0.39, 0.29) is 22.4 Å². The van der Waals surface area contributed by atoms with E-state index in [0.717, 1.165) is 25.7 Å². The highest BCUT2D eigenvalue weighted by atomic mass is 35.5. The topological polar surface area (TPSA) is 50.4 Å². The summed E-state index contributed by atoms with van der Waals surface area (Å²) >= 11 is 5.82. The summed E-state index contributed by atoms with van der Waals surface area (Å²) in [6, 6.07) is 5.20. The van der Waals surface area contributed by atoms with Crippen molar-refractivity contribution in [2.45, 2.75) is 50.4 Å². The van der Waals surface area contributed by atoms with Gasteiger partial charge < -0.3 is 15.4 Å². The van der Waals surface area contributed by atoms with E-state index in [4.69, 9.17) is 16.3 Å². The van der Waals surface area contributed by atoms with Crippen molar-refractivity contribution in [1.29, 1.82) is 0 Å². The van der Waals surface area contributed by atoms with Gasteiger partial charge in [0.1, 0.15) is 5.75 Å². The Kier molecular flexibility index (Phi) is 5.43. The number of ether oxygens (including phenoxy) is 1. The van der Waals surface area contributed by atoms with E-state index in [1.165, 1.54) is 18.2 Å². The van der Waals surface area contributed by atoms with E-state index in [9.17, 15) is 18.0 Å². The Hall–Kier alpha value is -1.47. The Labute approximate surface area is 149 Å². The van der Waals surface area contributed by atoms with Crippen molar-refractivity contribution in [3.8, 4) is 5.75 Å². The van der Waals surface area contributed by atoms with E-state index in [1.54, 1.807) is 0 Å². The molecular weight excluding hydrogens is 357 g/mol. The van der Waals surface area contributed by atoms with Crippen LogP contribution in [0.1, 0.15) is 32.1 Å². The lowest BCUT2D eigenvalue weighted by molar-refractivity contribution is -0.153. The number of halogens is 4. The minimum absolute atomic E-state index is 0.0800. The number of alkyl halides is 3. The van der Waals surface area contributed by atoms with Crippen LogP contribution in [-0.2, 0) is 4.79 Å². The lowest BCUT2D eigenvalue weighted by atomic mass is 9.89. The van der Waals surface area contributed by atoms with Crippen molar-refractivity contribution in [2.75, 3.05) is 11.9 Å². The van der Waals surface area contributed by atoms with Crippen LogP contribution in [0, 0.1) is 5.92 Å². The normalized spacial score (nSPS) is 25.7. The Balaban J connectivity index is 1.60. The van der Waals surface area contributed by atoms with Gasteiger partial charge in [-0.1, -0.05) is 11.6 Å². The van der Waals surface area contributed by atoms with Crippen molar-refractivity contribution in [2.24, 2.45) is 5.92 Å². The van der Waals surface area contributed by atoms with E-state index in [1.807, 2.05) is 0 Å². The minimum Gasteiger partial charge on any atom is -0.482 e. The average molecular weight is 377 g/mol. The second kappa shape index (κ2) is 7.41. The van der Waals surface area contributed by atoms with Gasteiger partial charge in [0.05, 0.1) is 5.69 Å². The second-order valence-corrected chi connectivity index (χ2v) is 7.21. The number of fused-ring (bicyclic) bond motifs is 2. The summed E-state index contributed by atoms with van der Waals surface area (Å²) in [4.78, 5) is 12.3. The molecule has 1 amide bonds. The SMILES string of the molecule is O=C(CC1CC2CCC(C1)N2)Nc1ccc(Cl)cc1OCC(F)(F)F. The van der Waals surface area contributed by atoms with Gasteiger partial charge in [0.2, 0.25) is 5.91 Å². The van der Waals surface area contributed by atoms with Crippen molar-refractivity contribution < 1.29 is 22.7 Å². The van der Waals surface area contributed by atoms with Crippen LogP contribution in [0.25, 0.3) is 0 Å². The molecule has 2 N–H and O–H groups in total. The molecule has 8 heteroatoms. The van der Waals surface area contributed by atoms with Gasteiger partial charge in [-0.2, -0.15) is 13.2 Å². The van der Waals surface area contributed by atoms with Gasteiger partial charge in [-0.25, -0.2) is 0 Å². The zero-order valence-corrected chi connectivity index (χ0v) is 14.3. The monoisotopic (exact) mass is 376 g/mol. The number of benzene rings is 1. The van der Waals surface area contributed by atoms with Gasteiger partial charge in [-0.05, 0) is 43.7 Å². The summed E-state index contributed by atoms with van der Waals surface area (Å²) in [5.74, 6) is -0.000342. The maximum atomic E-state index is 12.4. The predicted molar refractivity (Wildman–Crippen MR) is 88.9 cm³/mol. The molecule has 0 aliphatic carbocycles. The van der Waals surface area contributed by atoms with Gasteiger partial charge in [0.15, 0.2) is 6.61 Å². The zero-order valence-electron chi connectivity index (χ0n) is 13.5. The molecular formula is C17H20ClF3N2O2. The van der Waals surface area contributed by atoms with Crippen LogP contribution in [0.15, 0.2) is 18.2 Å². The van der Waals surface area contributed by atoms with Crippen molar-refractivity contribution in [3.63, 3.8) is 0 Å². The summed E-state index contributed by atoms with van der Waals surface area (Å²) in [5.41, 5.74) is 0.204. The summed E-state index contributed by atoms with van der Waals surface area (Å²) in [5, 5.41) is 6.42. The van der Waals surface area contributed by atoms with Crippen molar-refractivity contribution in [3.05, 3.63) is 23.2 Å². The molecule has 25 heavy (non-hydrogen) atoms. The first-order chi connectivity index (χ1) is 11.8. The third-order valence-electron chi connectivity index (χ3n) is 4.65. The number of amides is 1. The number of hydrogen-bond acceptors (Lipinski definition) is 3. The third-order valence-corrected chi connectivity index (χ3v) is 4.89. The molecule has 0 radical (unpaired) electrons. The van der Waals surface area contributed by atoms with Crippen LogP contribution in [-0.4, -0.2) is 30.8 Å². The first-order valence-electron chi connectivity index (χ1n) is 8.33. The van der Waals surface area contributed by atoms with Gasteiger partial charge in [0, 0.05) is 29.6 Å².